The molecule has 1 saturated heterocycles. The maximum Gasteiger partial charge on any atom is 0.251 e. The molecule has 0 unspecified atom stereocenters. The van der Waals surface area contributed by atoms with Crippen LogP contribution in [-0.4, -0.2) is 94.3 Å². The molecule has 3 heterocycles. The molecule has 1 aliphatic heterocycles. The van der Waals surface area contributed by atoms with Crippen molar-refractivity contribution in [3.05, 3.63) is 34.4 Å². The van der Waals surface area contributed by atoms with Crippen molar-refractivity contribution < 1.29 is 14.3 Å². The van der Waals surface area contributed by atoms with E-state index in [1.807, 2.05) is 38.7 Å². The number of piperazine rings is 1. The van der Waals surface area contributed by atoms with Gasteiger partial charge in [-0.05, 0) is 40.2 Å². The standard InChI is InChI=1S/C23H35N7O3/c1-16-13-17(2)26-23(25-16)30-19(4)20(18(3)27-30)14-22(32)29-10-8-28(9-11-29)15-21(31)24-7-6-12-33-5/h13H,6-12,14-15H2,1-5H3,(H,24,31). The van der Waals surface area contributed by atoms with E-state index in [0.717, 1.165) is 34.8 Å². The highest BCUT2D eigenvalue weighted by atomic mass is 16.5. The van der Waals surface area contributed by atoms with Crippen LogP contribution in [0.15, 0.2) is 6.07 Å². The number of nitrogens with zero attached hydrogens (tertiary/aromatic N) is 6. The summed E-state index contributed by atoms with van der Waals surface area (Å²) in [6.45, 7) is 11.9. The normalized spacial score (nSPS) is 14.5. The molecule has 0 aliphatic carbocycles. The fourth-order valence-electron chi connectivity index (χ4n) is 4.05. The van der Waals surface area contributed by atoms with Crippen LogP contribution in [0.1, 0.15) is 34.8 Å². The Morgan fingerprint density at radius 1 is 1.06 bits per heavy atom. The third-order valence-electron chi connectivity index (χ3n) is 5.87. The Balaban J connectivity index is 1.54. The first-order chi connectivity index (χ1) is 15.8. The monoisotopic (exact) mass is 457 g/mol. The van der Waals surface area contributed by atoms with Gasteiger partial charge < -0.3 is 15.0 Å². The van der Waals surface area contributed by atoms with Gasteiger partial charge in [-0.3, -0.25) is 14.5 Å². The van der Waals surface area contributed by atoms with E-state index in [0.29, 0.717) is 58.2 Å². The van der Waals surface area contributed by atoms with Crippen molar-refractivity contribution in [2.24, 2.45) is 0 Å². The number of hydrogen-bond donors (Lipinski definition) is 1. The summed E-state index contributed by atoms with van der Waals surface area (Å²) in [7, 11) is 1.65. The van der Waals surface area contributed by atoms with Gasteiger partial charge in [-0.2, -0.15) is 5.10 Å². The summed E-state index contributed by atoms with van der Waals surface area (Å²) in [5.41, 5.74) is 4.37. The molecule has 0 saturated carbocycles. The lowest BCUT2D eigenvalue weighted by atomic mass is 10.1. The number of methoxy groups -OCH3 is 1. The van der Waals surface area contributed by atoms with Gasteiger partial charge in [-0.1, -0.05) is 0 Å². The smallest absolute Gasteiger partial charge is 0.251 e. The summed E-state index contributed by atoms with van der Waals surface area (Å²) in [6.07, 6.45) is 1.10. The maximum absolute atomic E-state index is 13.0. The minimum absolute atomic E-state index is 0.0122. The molecule has 2 aromatic rings. The lowest BCUT2D eigenvalue weighted by molar-refractivity contribution is -0.132. The number of amides is 2. The minimum Gasteiger partial charge on any atom is -0.385 e. The Morgan fingerprint density at radius 2 is 1.73 bits per heavy atom. The molecular weight excluding hydrogens is 422 g/mol. The molecule has 180 valence electrons. The molecule has 0 radical (unpaired) electrons. The fraction of sp³-hybridized carbons (Fsp3) is 0.609. The van der Waals surface area contributed by atoms with Crippen LogP contribution in [0.4, 0.5) is 0 Å². The van der Waals surface area contributed by atoms with Crippen LogP contribution in [-0.2, 0) is 20.7 Å². The summed E-state index contributed by atoms with van der Waals surface area (Å²) in [6, 6.07) is 1.92. The van der Waals surface area contributed by atoms with Crippen LogP contribution in [0, 0.1) is 27.7 Å². The van der Waals surface area contributed by atoms with Crippen molar-refractivity contribution >= 4 is 11.8 Å². The molecule has 0 bridgehead atoms. The number of aromatic nitrogens is 4. The fourth-order valence-corrected chi connectivity index (χ4v) is 4.05. The van der Waals surface area contributed by atoms with Crippen LogP contribution < -0.4 is 5.32 Å². The van der Waals surface area contributed by atoms with E-state index in [1.165, 1.54) is 0 Å². The molecule has 0 spiro atoms. The Hall–Kier alpha value is -2.85. The molecule has 33 heavy (non-hydrogen) atoms. The van der Waals surface area contributed by atoms with E-state index in [2.05, 4.69) is 25.3 Å². The third kappa shape index (κ3) is 6.58. The first-order valence-electron chi connectivity index (χ1n) is 11.4. The molecular formula is C23H35N7O3. The number of carbonyl (C=O) groups is 2. The predicted octanol–water partition coefficient (Wildman–Crippen LogP) is 0.735. The Bertz CT molecular complexity index is 960. The van der Waals surface area contributed by atoms with Crippen molar-refractivity contribution in [1.82, 2.24) is 34.9 Å². The Labute approximate surface area is 195 Å². The quantitative estimate of drug-likeness (QED) is 0.554. The van der Waals surface area contributed by atoms with Crippen molar-refractivity contribution in [2.75, 3.05) is 53.0 Å². The number of rotatable bonds is 9. The lowest BCUT2D eigenvalue weighted by Gasteiger charge is -2.34. The summed E-state index contributed by atoms with van der Waals surface area (Å²) in [5.74, 6) is 0.616. The first kappa shape index (κ1) is 24.8. The third-order valence-corrected chi connectivity index (χ3v) is 5.87. The molecule has 2 aromatic heterocycles. The first-order valence-corrected chi connectivity index (χ1v) is 11.4. The molecule has 2 amide bonds. The van der Waals surface area contributed by atoms with Gasteiger partial charge in [-0.15, -0.1) is 0 Å². The second-order valence-electron chi connectivity index (χ2n) is 8.54. The summed E-state index contributed by atoms with van der Waals surface area (Å²) >= 11 is 0. The predicted molar refractivity (Wildman–Crippen MR) is 124 cm³/mol. The number of ether oxygens (including phenoxy) is 1. The topological polar surface area (TPSA) is 105 Å². The zero-order valence-corrected chi connectivity index (χ0v) is 20.3. The highest BCUT2D eigenvalue weighted by Crippen LogP contribution is 2.18. The van der Waals surface area contributed by atoms with E-state index >= 15 is 0 Å². The van der Waals surface area contributed by atoms with Crippen LogP contribution in [0.5, 0.6) is 0 Å². The second kappa shape index (κ2) is 11.3. The minimum atomic E-state index is 0.0122. The lowest BCUT2D eigenvalue weighted by Crippen LogP contribution is -2.51. The van der Waals surface area contributed by atoms with E-state index in [-0.39, 0.29) is 11.8 Å². The average molecular weight is 458 g/mol. The van der Waals surface area contributed by atoms with Gasteiger partial charge >= 0.3 is 0 Å². The van der Waals surface area contributed by atoms with Crippen molar-refractivity contribution in [3.63, 3.8) is 0 Å². The molecule has 1 fully saturated rings. The van der Waals surface area contributed by atoms with Gasteiger partial charge in [0.15, 0.2) is 0 Å². The van der Waals surface area contributed by atoms with Crippen LogP contribution in [0.2, 0.25) is 0 Å². The number of hydrogen-bond acceptors (Lipinski definition) is 7. The summed E-state index contributed by atoms with van der Waals surface area (Å²) < 4.78 is 6.71. The SMILES string of the molecule is COCCCNC(=O)CN1CCN(C(=O)Cc2c(C)nn(-c3nc(C)cc(C)n3)c2C)CC1. The van der Waals surface area contributed by atoms with Crippen molar-refractivity contribution in [2.45, 2.75) is 40.5 Å². The highest BCUT2D eigenvalue weighted by molar-refractivity contribution is 5.80. The number of aryl methyl sites for hydroxylation is 3. The van der Waals surface area contributed by atoms with Gasteiger partial charge in [0.1, 0.15) is 0 Å². The van der Waals surface area contributed by atoms with Crippen molar-refractivity contribution in [3.8, 4) is 5.95 Å². The summed E-state index contributed by atoms with van der Waals surface area (Å²) in [4.78, 5) is 38.0. The van der Waals surface area contributed by atoms with Gasteiger partial charge in [0.2, 0.25) is 11.8 Å². The second-order valence-corrected chi connectivity index (χ2v) is 8.54. The van der Waals surface area contributed by atoms with Crippen LogP contribution in [0.25, 0.3) is 5.95 Å². The Kier molecular flexibility index (Phi) is 8.51. The molecule has 10 heteroatoms. The van der Waals surface area contributed by atoms with Gasteiger partial charge in [-0.25, -0.2) is 14.6 Å². The molecule has 1 N–H and O–H groups in total. The maximum atomic E-state index is 13.0. The van der Waals surface area contributed by atoms with Crippen LogP contribution in [0.3, 0.4) is 0 Å². The molecule has 3 rings (SSSR count). The molecule has 0 aromatic carbocycles. The van der Waals surface area contributed by atoms with Gasteiger partial charge in [0, 0.05) is 69.1 Å². The van der Waals surface area contributed by atoms with Crippen molar-refractivity contribution in [1.29, 1.82) is 0 Å². The number of nitrogens with one attached hydrogen (secondary N) is 1. The molecule has 0 atom stereocenters. The van der Waals surface area contributed by atoms with Crippen LogP contribution >= 0.6 is 0 Å². The van der Waals surface area contributed by atoms with E-state index in [1.54, 1.807) is 11.8 Å². The van der Waals surface area contributed by atoms with E-state index < -0.39 is 0 Å². The van der Waals surface area contributed by atoms with E-state index in [4.69, 9.17) is 4.74 Å². The number of carbonyl (C=O) groups excluding carboxylic acids is 2. The zero-order chi connectivity index (χ0) is 24.0. The summed E-state index contributed by atoms with van der Waals surface area (Å²) in [5, 5.41) is 7.51. The largest absolute Gasteiger partial charge is 0.385 e. The Morgan fingerprint density at radius 3 is 2.36 bits per heavy atom. The average Bonchev–Trinajstić information content (AvgIpc) is 3.05. The molecule has 10 nitrogen and oxygen atoms in total. The zero-order valence-electron chi connectivity index (χ0n) is 20.3. The molecule has 1 aliphatic rings. The van der Waals surface area contributed by atoms with E-state index in [9.17, 15) is 9.59 Å². The highest BCUT2D eigenvalue weighted by Gasteiger charge is 2.25. The van der Waals surface area contributed by atoms with Gasteiger partial charge in [0.05, 0.1) is 18.7 Å². The van der Waals surface area contributed by atoms with Gasteiger partial charge in [0.25, 0.3) is 5.95 Å².